The fourth-order valence-electron chi connectivity index (χ4n) is 4.73. The van der Waals surface area contributed by atoms with Gasteiger partial charge in [-0.2, -0.15) is 0 Å². The molecule has 0 saturated heterocycles. The summed E-state index contributed by atoms with van der Waals surface area (Å²) in [6.07, 6.45) is 5.21. The second-order valence-corrected chi connectivity index (χ2v) is 12.3. The number of rotatable bonds is 11. The first-order chi connectivity index (χ1) is 18.0. The number of ether oxygens (including phenoxy) is 1. The minimum Gasteiger partial charge on any atom is -0.495 e. The van der Waals surface area contributed by atoms with E-state index in [-0.39, 0.29) is 24.2 Å². The Bertz CT molecular complexity index is 1250. The Labute approximate surface area is 235 Å². The van der Waals surface area contributed by atoms with Crippen molar-refractivity contribution in [2.24, 2.45) is 0 Å². The van der Waals surface area contributed by atoms with E-state index in [9.17, 15) is 18.0 Å². The third-order valence-electron chi connectivity index (χ3n) is 6.76. The lowest BCUT2D eigenvalue weighted by Crippen LogP contribution is -2.53. The third-order valence-corrected chi connectivity index (χ3v) is 8.59. The van der Waals surface area contributed by atoms with Crippen LogP contribution in [0.1, 0.15) is 50.2 Å². The van der Waals surface area contributed by atoms with Gasteiger partial charge in [-0.1, -0.05) is 55.1 Å². The fourth-order valence-corrected chi connectivity index (χ4v) is 6.09. The molecule has 1 saturated carbocycles. The van der Waals surface area contributed by atoms with Gasteiger partial charge >= 0.3 is 0 Å². The van der Waals surface area contributed by atoms with Crippen molar-refractivity contribution in [2.75, 3.05) is 24.2 Å². The van der Waals surface area contributed by atoms with E-state index in [1.54, 1.807) is 36.4 Å². The fraction of sp³-hybridized carbons (Fsp3) is 0.481. The van der Waals surface area contributed by atoms with Crippen LogP contribution in [-0.2, 0) is 26.2 Å². The first-order valence-electron chi connectivity index (χ1n) is 12.6. The molecule has 0 spiro atoms. The van der Waals surface area contributed by atoms with Crippen LogP contribution in [0, 0.1) is 6.92 Å². The molecule has 0 aromatic heterocycles. The van der Waals surface area contributed by atoms with Gasteiger partial charge < -0.3 is 15.0 Å². The van der Waals surface area contributed by atoms with E-state index in [2.05, 4.69) is 5.32 Å². The van der Waals surface area contributed by atoms with Gasteiger partial charge in [0.2, 0.25) is 21.8 Å². The number of methoxy groups -OCH3 is 1. The highest BCUT2D eigenvalue weighted by Gasteiger charge is 2.34. The molecule has 208 valence electrons. The molecule has 1 aliphatic rings. The molecule has 1 atom stereocenters. The van der Waals surface area contributed by atoms with Crippen molar-refractivity contribution in [3.05, 3.63) is 57.6 Å². The second kappa shape index (κ2) is 13.0. The first kappa shape index (κ1) is 30.1. The monoisotopic (exact) mass is 583 g/mol. The molecule has 0 radical (unpaired) electrons. The third kappa shape index (κ3) is 7.33. The standard InChI is InChI=1S/C27H35Cl2N3O5S/c1-5-23(27(34)30-19-9-6-7-10-19)31(16-20-21(28)11-8-12-22(20)29)26(33)17-32(38(4,35)36)24-15-18(2)13-14-25(24)37-3/h8,11-15,19,23H,5-7,9-10,16-17H2,1-4H3,(H,30,34)/t23-/m1/s1. The Balaban J connectivity index is 2.02. The molecule has 0 aliphatic heterocycles. The number of hydrogen-bond donors (Lipinski definition) is 1. The summed E-state index contributed by atoms with van der Waals surface area (Å²) in [7, 11) is -2.47. The molecule has 2 aromatic carbocycles. The highest BCUT2D eigenvalue weighted by Crippen LogP contribution is 2.32. The van der Waals surface area contributed by atoms with Crippen molar-refractivity contribution in [1.29, 1.82) is 0 Å². The molecule has 1 fully saturated rings. The van der Waals surface area contributed by atoms with Crippen LogP contribution in [0.5, 0.6) is 5.75 Å². The van der Waals surface area contributed by atoms with Gasteiger partial charge in [0.15, 0.2) is 0 Å². The zero-order valence-corrected chi connectivity index (χ0v) is 24.5. The van der Waals surface area contributed by atoms with Gasteiger partial charge in [-0.25, -0.2) is 8.42 Å². The minimum atomic E-state index is -3.90. The van der Waals surface area contributed by atoms with Gasteiger partial charge in [0, 0.05) is 28.2 Å². The number of benzene rings is 2. The van der Waals surface area contributed by atoms with Gasteiger partial charge in [-0.3, -0.25) is 13.9 Å². The normalized spacial score (nSPS) is 14.7. The van der Waals surface area contributed by atoms with Crippen molar-refractivity contribution in [1.82, 2.24) is 10.2 Å². The molecular weight excluding hydrogens is 549 g/mol. The molecule has 0 heterocycles. The number of nitrogens with one attached hydrogen (secondary N) is 1. The molecule has 3 rings (SSSR count). The summed E-state index contributed by atoms with van der Waals surface area (Å²) < 4.78 is 32.2. The summed E-state index contributed by atoms with van der Waals surface area (Å²) in [5, 5.41) is 3.77. The molecule has 8 nitrogen and oxygen atoms in total. The second-order valence-electron chi connectivity index (χ2n) is 9.58. The number of carbonyl (C=O) groups excluding carboxylic acids is 2. The Hall–Kier alpha value is -2.49. The van der Waals surface area contributed by atoms with Gasteiger partial charge in [0.25, 0.3) is 0 Å². The maximum atomic E-state index is 13.9. The number of sulfonamides is 1. The molecular formula is C27H35Cl2N3O5S. The van der Waals surface area contributed by atoms with E-state index < -0.39 is 28.5 Å². The molecule has 0 bridgehead atoms. The number of aryl methyl sites for hydroxylation is 1. The van der Waals surface area contributed by atoms with Crippen LogP contribution in [0.25, 0.3) is 0 Å². The maximum Gasteiger partial charge on any atom is 0.244 e. The molecule has 1 N–H and O–H groups in total. The predicted molar refractivity (Wildman–Crippen MR) is 151 cm³/mol. The molecule has 11 heteroatoms. The van der Waals surface area contributed by atoms with Crippen molar-refractivity contribution < 1.29 is 22.7 Å². The summed E-state index contributed by atoms with van der Waals surface area (Å²) >= 11 is 12.9. The van der Waals surface area contributed by atoms with Crippen LogP contribution >= 0.6 is 23.2 Å². The van der Waals surface area contributed by atoms with E-state index in [1.807, 2.05) is 13.8 Å². The highest BCUT2D eigenvalue weighted by atomic mass is 35.5. The summed E-state index contributed by atoms with van der Waals surface area (Å²) in [5.41, 5.74) is 1.52. The molecule has 1 aliphatic carbocycles. The minimum absolute atomic E-state index is 0.0569. The van der Waals surface area contributed by atoms with E-state index >= 15 is 0 Å². The van der Waals surface area contributed by atoms with Gasteiger partial charge in [0.1, 0.15) is 18.3 Å². The molecule has 2 amide bonds. The van der Waals surface area contributed by atoms with Gasteiger partial charge in [-0.15, -0.1) is 0 Å². The number of anilines is 1. The number of carbonyl (C=O) groups is 2. The quantitative estimate of drug-likeness (QED) is 0.404. The summed E-state index contributed by atoms with van der Waals surface area (Å²) in [5.74, 6) is -0.543. The zero-order chi connectivity index (χ0) is 28.0. The van der Waals surface area contributed by atoms with Crippen LogP contribution in [0.15, 0.2) is 36.4 Å². The summed E-state index contributed by atoms with van der Waals surface area (Å²) in [4.78, 5) is 28.7. The number of amides is 2. The van der Waals surface area contributed by atoms with Gasteiger partial charge in [-0.05, 0) is 56.0 Å². The molecule has 38 heavy (non-hydrogen) atoms. The Morgan fingerprint density at radius 2 is 1.76 bits per heavy atom. The van der Waals surface area contributed by atoms with Crippen LogP contribution < -0.4 is 14.4 Å². The van der Waals surface area contributed by atoms with Crippen molar-refractivity contribution >= 4 is 50.7 Å². The number of hydrogen-bond acceptors (Lipinski definition) is 5. The molecule has 2 aromatic rings. The first-order valence-corrected chi connectivity index (χ1v) is 15.2. The lowest BCUT2D eigenvalue weighted by molar-refractivity contribution is -0.140. The van der Waals surface area contributed by atoms with E-state index in [0.717, 1.165) is 41.8 Å². The van der Waals surface area contributed by atoms with E-state index in [0.29, 0.717) is 27.8 Å². The van der Waals surface area contributed by atoms with Gasteiger partial charge in [0.05, 0.1) is 19.1 Å². The summed E-state index contributed by atoms with van der Waals surface area (Å²) in [6.45, 7) is 3.03. The molecule has 0 unspecified atom stereocenters. The van der Waals surface area contributed by atoms with Crippen LogP contribution in [0.4, 0.5) is 5.69 Å². The Kier molecular flexibility index (Phi) is 10.3. The zero-order valence-electron chi connectivity index (χ0n) is 22.2. The lowest BCUT2D eigenvalue weighted by atomic mass is 10.1. The smallest absolute Gasteiger partial charge is 0.244 e. The number of nitrogens with zero attached hydrogens (tertiary/aromatic N) is 2. The van der Waals surface area contributed by atoms with Crippen LogP contribution in [-0.4, -0.2) is 57.1 Å². The topological polar surface area (TPSA) is 96.0 Å². The van der Waals surface area contributed by atoms with Crippen molar-refractivity contribution in [2.45, 2.75) is 64.6 Å². The van der Waals surface area contributed by atoms with E-state index in [1.165, 1.54) is 12.0 Å². The summed E-state index contributed by atoms with van der Waals surface area (Å²) in [6, 6.07) is 9.30. The van der Waals surface area contributed by atoms with Crippen LogP contribution in [0.3, 0.4) is 0 Å². The Morgan fingerprint density at radius 3 is 2.32 bits per heavy atom. The highest BCUT2D eigenvalue weighted by molar-refractivity contribution is 7.92. The maximum absolute atomic E-state index is 13.9. The van der Waals surface area contributed by atoms with Crippen molar-refractivity contribution in [3.8, 4) is 5.75 Å². The largest absolute Gasteiger partial charge is 0.495 e. The van der Waals surface area contributed by atoms with E-state index in [4.69, 9.17) is 27.9 Å². The average molecular weight is 585 g/mol. The average Bonchev–Trinajstić information content (AvgIpc) is 3.36. The SMILES string of the molecule is CC[C@H](C(=O)NC1CCCC1)N(Cc1c(Cl)cccc1Cl)C(=O)CN(c1cc(C)ccc1OC)S(C)(=O)=O. The Morgan fingerprint density at radius 1 is 1.13 bits per heavy atom. The van der Waals surface area contributed by atoms with Crippen molar-refractivity contribution in [3.63, 3.8) is 0 Å². The number of halogens is 2. The predicted octanol–water partition coefficient (Wildman–Crippen LogP) is 4.94. The lowest BCUT2D eigenvalue weighted by Gasteiger charge is -2.34. The van der Waals surface area contributed by atoms with Crippen LogP contribution in [0.2, 0.25) is 10.0 Å².